The highest BCUT2D eigenvalue weighted by atomic mass is 19.1. The Labute approximate surface area is 160 Å². The molecular weight excluding hydrogens is 342 g/mol. The summed E-state index contributed by atoms with van der Waals surface area (Å²) in [5.41, 5.74) is 2.76. The molecule has 142 valence electrons. The maximum Gasteiger partial charge on any atom is 0.128 e. The first-order valence-corrected chi connectivity index (χ1v) is 9.35. The lowest BCUT2D eigenvalue weighted by molar-refractivity contribution is 0.222. The number of aromatic nitrogens is 1. The zero-order valence-electron chi connectivity index (χ0n) is 15.9. The minimum absolute atomic E-state index is 0.184. The molecule has 0 spiro atoms. The van der Waals surface area contributed by atoms with Gasteiger partial charge in [0.1, 0.15) is 11.6 Å². The van der Waals surface area contributed by atoms with Crippen molar-refractivity contribution in [3.63, 3.8) is 0 Å². The van der Waals surface area contributed by atoms with E-state index in [0.717, 1.165) is 24.3 Å². The number of halogens is 2. The Morgan fingerprint density at radius 3 is 2.48 bits per heavy atom. The molecule has 0 bridgehead atoms. The molecular formula is C23H26F2N2. The SMILES string of the molecule is CC(C)CN(Cc1cccc(F)c1)Cc1cccn1Cc1ccccc1F. The summed E-state index contributed by atoms with van der Waals surface area (Å²) >= 11 is 0. The molecule has 0 aliphatic carbocycles. The minimum Gasteiger partial charge on any atom is -0.346 e. The smallest absolute Gasteiger partial charge is 0.128 e. The Bertz CT molecular complexity index is 870. The molecule has 4 heteroatoms. The second-order valence-electron chi connectivity index (χ2n) is 7.41. The van der Waals surface area contributed by atoms with Crippen LogP contribution in [0.15, 0.2) is 66.9 Å². The van der Waals surface area contributed by atoms with Crippen molar-refractivity contribution in [1.82, 2.24) is 9.47 Å². The molecule has 0 unspecified atom stereocenters. The van der Waals surface area contributed by atoms with E-state index in [1.165, 1.54) is 12.1 Å². The summed E-state index contributed by atoms with van der Waals surface area (Å²) in [5.74, 6) is 0.101. The first kappa shape index (κ1) is 19.3. The van der Waals surface area contributed by atoms with Gasteiger partial charge >= 0.3 is 0 Å². The van der Waals surface area contributed by atoms with Crippen molar-refractivity contribution in [3.8, 4) is 0 Å². The largest absolute Gasteiger partial charge is 0.346 e. The predicted molar refractivity (Wildman–Crippen MR) is 105 cm³/mol. The molecule has 2 aromatic carbocycles. The van der Waals surface area contributed by atoms with Gasteiger partial charge < -0.3 is 4.57 Å². The van der Waals surface area contributed by atoms with Crippen LogP contribution in [-0.4, -0.2) is 16.0 Å². The average molecular weight is 368 g/mol. The van der Waals surface area contributed by atoms with Crippen LogP contribution in [0.4, 0.5) is 8.78 Å². The van der Waals surface area contributed by atoms with Crippen LogP contribution in [0, 0.1) is 17.6 Å². The van der Waals surface area contributed by atoms with Gasteiger partial charge in [0.2, 0.25) is 0 Å². The minimum atomic E-state index is -0.208. The van der Waals surface area contributed by atoms with E-state index in [0.29, 0.717) is 24.6 Å². The molecule has 0 saturated carbocycles. The van der Waals surface area contributed by atoms with E-state index >= 15 is 0 Å². The summed E-state index contributed by atoms with van der Waals surface area (Å²) in [5, 5.41) is 0. The highest BCUT2D eigenvalue weighted by Gasteiger charge is 2.13. The fourth-order valence-corrected chi connectivity index (χ4v) is 3.38. The van der Waals surface area contributed by atoms with Crippen molar-refractivity contribution in [2.75, 3.05) is 6.54 Å². The van der Waals surface area contributed by atoms with E-state index in [4.69, 9.17) is 0 Å². The predicted octanol–water partition coefficient (Wildman–Crippen LogP) is 5.47. The van der Waals surface area contributed by atoms with Crippen molar-refractivity contribution >= 4 is 0 Å². The quantitative estimate of drug-likeness (QED) is 0.512. The summed E-state index contributed by atoms with van der Waals surface area (Å²) in [4.78, 5) is 2.31. The van der Waals surface area contributed by atoms with Crippen LogP contribution in [0.25, 0.3) is 0 Å². The summed E-state index contributed by atoms with van der Waals surface area (Å²) in [7, 11) is 0. The molecule has 0 N–H and O–H groups in total. The standard InChI is InChI=1S/C23H26F2N2/c1-18(2)14-26(15-19-7-5-9-21(24)13-19)17-22-10-6-12-27(22)16-20-8-3-4-11-23(20)25/h3-13,18H,14-17H2,1-2H3. The summed E-state index contributed by atoms with van der Waals surface area (Å²) in [6.45, 7) is 7.18. The van der Waals surface area contributed by atoms with E-state index in [1.807, 2.05) is 30.5 Å². The third-order valence-corrected chi connectivity index (χ3v) is 4.53. The van der Waals surface area contributed by atoms with Crippen LogP contribution in [-0.2, 0) is 19.6 Å². The number of nitrogens with zero attached hydrogens (tertiary/aromatic N) is 2. The van der Waals surface area contributed by atoms with Crippen molar-refractivity contribution in [2.24, 2.45) is 5.92 Å². The van der Waals surface area contributed by atoms with Crippen LogP contribution >= 0.6 is 0 Å². The third kappa shape index (κ3) is 5.51. The molecule has 0 saturated heterocycles. The van der Waals surface area contributed by atoms with Gasteiger partial charge in [-0.2, -0.15) is 0 Å². The third-order valence-electron chi connectivity index (χ3n) is 4.53. The monoisotopic (exact) mass is 368 g/mol. The van der Waals surface area contributed by atoms with Crippen molar-refractivity contribution in [1.29, 1.82) is 0 Å². The van der Waals surface area contributed by atoms with E-state index in [9.17, 15) is 8.78 Å². The normalized spacial score (nSPS) is 11.5. The fourth-order valence-electron chi connectivity index (χ4n) is 3.38. The van der Waals surface area contributed by atoms with Crippen LogP contribution in [0.2, 0.25) is 0 Å². The van der Waals surface area contributed by atoms with Crippen LogP contribution in [0.3, 0.4) is 0 Å². The molecule has 3 aromatic rings. The summed E-state index contributed by atoms with van der Waals surface area (Å²) in [6, 6.07) is 17.7. The van der Waals surface area contributed by atoms with Crippen molar-refractivity contribution in [3.05, 3.63) is 95.3 Å². The second-order valence-corrected chi connectivity index (χ2v) is 7.41. The Morgan fingerprint density at radius 1 is 0.926 bits per heavy atom. The topological polar surface area (TPSA) is 8.17 Å². The molecule has 1 heterocycles. The van der Waals surface area contributed by atoms with E-state index in [-0.39, 0.29) is 11.6 Å². The van der Waals surface area contributed by atoms with Crippen LogP contribution in [0.1, 0.15) is 30.7 Å². The molecule has 0 fully saturated rings. The maximum atomic E-state index is 14.0. The lowest BCUT2D eigenvalue weighted by atomic mass is 10.1. The Hall–Kier alpha value is -2.46. The van der Waals surface area contributed by atoms with Crippen LogP contribution in [0.5, 0.6) is 0 Å². The van der Waals surface area contributed by atoms with E-state index in [1.54, 1.807) is 18.2 Å². The van der Waals surface area contributed by atoms with Gasteiger partial charge in [0.05, 0.1) is 6.54 Å². The number of benzene rings is 2. The number of hydrogen-bond acceptors (Lipinski definition) is 1. The average Bonchev–Trinajstić information content (AvgIpc) is 3.03. The van der Waals surface area contributed by atoms with Crippen molar-refractivity contribution in [2.45, 2.75) is 33.5 Å². The number of rotatable bonds is 8. The lowest BCUT2D eigenvalue weighted by Gasteiger charge is -2.25. The molecule has 0 radical (unpaired) electrons. The second kappa shape index (κ2) is 8.96. The van der Waals surface area contributed by atoms with Gasteiger partial charge in [-0.15, -0.1) is 0 Å². The summed E-state index contributed by atoms with van der Waals surface area (Å²) in [6.07, 6.45) is 1.98. The molecule has 27 heavy (non-hydrogen) atoms. The Balaban J connectivity index is 1.76. The Morgan fingerprint density at radius 2 is 1.74 bits per heavy atom. The fraction of sp³-hybridized carbons (Fsp3) is 0.304. The zero-order chi connectivity index (χ0) is 19.2. The molecule has 0 amide bonds. The molecule has 0 aliphatic heterocycles. The molecule has 3 rings (SSSR count). The highest BCUT2D eigenvalue weighted by molar-refractivity contribution is 5.20. The van der Waals surface area contributed by atoms with Gasteiger partial charge in [-0.05, 0) is 41.8 Å². The van der Waals surface area contributed by atoms with E-state index < -0.39 is 0 Å². The number of hydrogen-bond donors (Lipinski definition) is 0. The molecule has 0 atom stereocenters. The maximum absolute atomic E-state index is 14.0. The van der Waals surface area contributed by atoms with Gasteiger partial charge in [-0.25, -0.2) is 8.78 Å². The van der Waals surface area contributed by atoms with Gasteiger partial charge in [-0.1, -0.05) is 44.2 Å². The summed E-state index contributed by atoms with van der Waals surface area (Å²) < 4.78 is 29.6. The molecule has 1 aromatic heterocycles. The highest BCUT2D eigenvalue weighted by Crippen LogP contribution is 2.16. The van der Waals surface area contributed by atoms with Gasteiger partial charge in [0.15, 0.2) is 0 Å². The van der Waals surface area contributed by atoms with Gasteiger partial charge in [0, 0.05) is 37.1 Å². The van der Waals surface area contributed by atoms with Crippen molar-refractivity contribution < 1.29 is 8.78 Å². The van der Waals surface area contributed by atoms with E-state index in [2.05, 4.69) is 29.4 Å². The van der Waals surface area contributed by atoms with Gasteiger partial charge in [0.25, 0.3) is 0 Å². The lowest BCUT2D eigenvalue weighted by Crippen LogP contribution is -2.28. The molecule has 0 aliphatic rings. The molecule has 2 nitrogen and oxygen atoms in total. The Kier molecular flexibility index (Phi) is 6.40. The van der Waals surface area contributed by atoms with Crippen LogP contribution < -0.4 is 0 Å². The first-order chi connectivity index (χ1) is 13.0. The first-order valence-electron chi connectivity index (χ1n) is 9.35. The zero-order valence-corrected chi connectivity index (χ0v) is 15.9. The van der Waals surface area contributed by atoms with Gasteiger partial charge in [-0.3, -0.25) is 4.90 Å².